The first kappa shape index (κ1) is 21.6. The number of para-hydroxylation sites is 1. The fourth-order valence-corrected chi connectivity index (χ4v) is 2.97. The van der Waals surface area contributed by atoms with Gasteiger partial charge in [0, 0.05) is 12.7 Å². The van der Waals surface area contributed by atoms with Crippen molar-refractivity contribution in [1.29, 1.82) is 0 Å². The van der Waals surface area contributed by atoms with Gasteiger partial charge in [0.05, 0.1) is 16.3 Å². The molecule has 0 fully saturated rings. The normalized spacial score (nSPS) is 10.8. The maximum Gasteiger partial charge on any atom is 0.361 e. The van der Waals surface area contributed by atoms with Crippen molar-refractivity contribution in [2.45, 2.75) is 40.0 Å². The smallest absolute Gasteiger partial charge is 0.361 e. The third kappa shape index (κ3) is 5.29. The van der Waals surface area contributed by atoms with Crippen LogP contribution in [-0.2, 0) is 17.9 Å². The maximum atomic E-state index is 12.6. The first-order valence-electron chi connectivity index (χ1n) is 9.43. The molecule has 9 heteroatoms. The number of aryl methyl sites for hydroxylation is 1. The average Bonchev–Trinajstić information content (AvgIpc) is 3.34. The van der Waals surface area contributed by atoms with E-state index in [2.05, 4.69) is 26.3 Å². The minimum Gasteiger partial charge on any atom is -0.484 e. The molecule has 3 rings (SSSR count). The molecule has 0 aliphatic rings. The van der Waals surface area contributed by atoms with Gasteiger partial charge in [-0.3, -0.25) is 9.48 Å². The molecule has 0 atom stereocenters. The molecule has 2 aromatic heterocycles. The third-order valence-electron chi connectivity index (χ3n) is 3.96. The summed E-state index contributed by atoms with van der Waals surface area (Å²) in [4.78, 5) is 24.9. The van der Waals surface area contributed by atoms with E-state index in [1.165, 1.54) is 0 Å². The summed E-state index contributed by atoms with van der Waals surface area (Å²) in [6.45, 7) is 6.06. The van der Waals surface area contributed by atoms with Gasteiger partial charge in [0.15, 0.2) is 11.5 Å². The number of halogens is 1. The van der Waals surface area contributed by atoms with E-state index in [-0.39, 0.29) is 29.9 Å². The van der Waals surface area contributed by atoms with Crippen molar-refractivity contribution in [3.8, 4) is 5.75 Å². The highest BCUT2D eigenvalue weighted by Gasteiger charge is 2.22. The summed E-state index contributed by atoms with van der Waals surface area (Å²) >= 11 is 3.41. The zero-order valence-corrected chi connectivity index (χ0v) is 18.4. The Balaban J connectivity index is 1.69. The van der Waals surface area contributed by atoms with Crippen LogP contribution in [-0.4, -0.2) is 27.8 Å². The molecule has 0 spiro atoms. The van der Waals surface area contributed by atoms with Crippen LogP contribution < -0.4 is 10.1 Å². The van der Waals surface area contributed by atoms with Crippen LogP contribution in [0.2, 0.25) is 0 Å². The van der Waals surface area contributed by atoms with Gasteiger partial charge in [0.1, 0.15) is 18.1 Å². The fourth-order valence-electron chi connectivity index (χ4n) is 2.57. The SMILES string of the molecule is CCn1cc(NC(=O)c2ccc(COc3ccccc3Br)o2)c(C(=O)OC(C)C)n1. The van der Waals surface area contributed by atoms with E-state index in [1.54, 1.807) is 36.9 Å². The van der Waals surface area contributed by atoms with Gasteiger partial charge in [-0.1, -0.05) is 12.1 Å². The Hall–Kier alpha value is -3.07. The number of carbonyl (C=O) groups excluding carboxylic acids is 2. The van der Waals surface area contributed by atoms with E-state index < -0.39 is 11.9 Å². The number of benzene rings is 1. The molecule has 1 amide bonds. The fraction of sp³-hybridized carbons (Fsp3) is 0.286. The molecule has 8 nitrogen and oxygen atoms in total. The van der Waals surface area contributed by atoms with Gasteiger partial charge in [-0.2, -0.15) is 5.10 Å². The molecular weight excluding hydrogens is 454 g/mol. The molecule has 2 heterocycles. The van der Waals surface area contributed by atoms with E-state index in [4.69, 9.17) is 13.9 Å². The molecule has 0 unspecified atom stereocenters. The monoisotopic (exact) mass is 475 g/mol. The van der Waals surface area contributed by atoms with Crippen LogP contribution in [0.3, 0.4) is 0 Å². The quantitative estimate of drug-likeness (QED) is 0.476. The lowest BCUT2D eigenvalue weighted by Crippen LogP contribution is -2.17. The summed E-state index contributed by atoms with van der Waals surface area (Å²) in [6, 6.07) is 10.6. The first-order chi connectivity index (χ1) is 14.4. The number of nitrogens with zero attached hydrogens (tertiary/aromatic N) is 2. The van der Waals surface area contributed by atoms with Crippen LogP contribution in [0, 0.1) is 0 Å². The Bertz CT molecular complexity index is 1040. The predicted octanol–water partition coefficient (Wildman–Crippen LogP) is 4.66. The van der Waals surface area contributed by atoms with Gasteiger partial charge in [0.2, 0.25) is 0 Å². The van der Waals surface area contributed by atoms with Crippen LogP contribution in [0.5, 0.6) is 5.75 Å². The number of furan rings is 1. The second-order valence-electron chi connectivity index (χ2n) is 6.64. The number of aromatic nitrogens is 2. The molecule has 3 aromatic rings. The van der Waals surface area contributed by atoms with Crippen molar-refractivity contribution in [2.24, 2.45) is 0 Å². The van der Waals surface area contributed by atoms with Crippen molar-refractivity contribution in [2.75, 3.05) is 5.32 Å². The van der Waals surface area contributed by atoms with E-state index >= 15 is 0 Å². The topological polar surface area (TPSA) is 95.6 Å². The molecule has 1 N–H and O–H groups in total. The molecule has 0 aliphatic heterocycles. The number of rotatable bonds is 8. The molecule has 0 saturated heterocycles. The highest BCUT2D eigenvalue weighted by molar-refractivity contribution is 9.10. The van der Waals surface area contributed by atoms with Gasteiger partial charge in [-0.05, 0) is 61.0 Å². The van der Waals surface area contributed by atoms with Crippen LogP contribution >= 0.6 is 15.9 Å². The maximum absolute atomic E-state index is 12.6. The number of amides is 1. The molecule has 158 valence electrons. The standard InChI is InChI=1S/C21H22BrN3O5/c1-4-25-11-16(19(24-25)21(27)29-13(2)3)23-20(26)18-10-9-14(30-18)12-28-17-8-6-5-7-15(17)22/h5-11,13H,4,12H2,1-3H3,(H,23,26). The first-order valence-corrected chi connectivity index (χ1v) is 10.2. The second-order valence-corrected chi connectivity index (χ2v) is 7.49. The zero-order valence-electron chi connectivity index (χ0n) is 16.8. The molecule has 1 aromatic carbocycles. The van der Waals surface area contributed by atoms with Gasteiger partial charge in [-0.25, -0.2) is 4.79 Å². The number of nitrogens with one attached hydrogen (secondary N) is 1. The lowest BCUT2D eigenvalue weighted by atomic mass is 10.3. The van der Waals surface area contributed by atoms with E-state index in [0.29, 0.717) is 18.1 Å². The number of ether oxygens (including phenoxy) is 2. The van der Waals surface area contributed by atoms with E-state index in [1.807, 2.05) is 31.2 Å². The summed E-state index contributed by atoms with van der Waals surface area (Å²) in [6.07, 6.45) is 1.28. The molecule has 0 radical (unpaired) electrons. The molecule has 0 saturated carbocycles. The van der Waals surface area contributed by atoms with Crippen molar-refractivity contribution in [3.63, 3.8) is 0 Å². The van der Waals surface area contributed by atoms with E-state index in [0.717, 1.165) is 4.47 Å². The van der Waals surface area contributed by atoms with Gasteiger partial charge < -0.3 is 19.2 Å². The third-order valence-corrected chi connectivity index (χ3v) is 4.62. The van der Waals surface area contributed by atoms with Crippen molar-refractivity contribution in [3.05, 3.63) is 64.3 Å². The highest BCUT2D eigenvalue weighted by atomic mass is 79.9. The lowest BCUT2D eigenvalue weighted by Gasteiger charge is -2.07. The summed E-state index contributed by atoms with van der Waals surface area (Å²) < 4.78 is 18.8. The highest BCUT2D eigenvalue weighted by Crippen LogP contribution is 2.25. The number of hydrogen-bond acceptors (Lipinski definition) is 6. The number of carbonyl (C=O) groups is 2. The summed E-state index contributed by atoms with van der Waals surface area (Å²) in [5, 5.41) is 6.84. The number of anilines is 1. The average molecular weight is 476 g/mol. The van der Waals surface area contributed by atoms with Gasteiger partial charge in [0.25, 0.3) is 5.91 Å². The molecular formula is C21H22BrN3O5. The Morgan fingerprint density at radius 1 is 1.23 bits per heavy atom. The Morgan fingerprint density at radius 3 is 2.70 bits per heavy atom. The van der Waals surface area contributed by atoms with Gasteiger partial charge in [-0.15, -0.1) is 0 Å². The molecule has 0 aliphatic carbocycles. The van der Waals surface area contributed by atoms with Crippen LogP contribution in [0.1, 0.15) is 47.6 Å². The lowest BCUT2D eigenvalue weighted by molar-refractivity contribution is 0.0371. The molecule has 30 heavy (non-hydrogen) atoms. The van der Waals surface area contributed by atoms with Crippen molar-refractivity contribution >= 4 is 33.5 Å². The Morgan fingerprint density at radius 2 is 2.00 bits per heavy atom. The van der Waals surface area contributed by atoms with Crippen molar-refractivity contribution in [1.82, 2.24) is 9.78 Å². The molecule has 0 bridgehead atoms. The largest absolute Gasteiger partial charge is 0.484 e. The minimum atomic E-state index is -0.602. The number of esters is 1. The predicted molar refractivity (Wildman–Crippen MR) is 114 cm³/mol. The Labute approximate surface area is 182 Å². The summed E-state index contributed by atoms with van der Waals surface area (Å²) in [5.74, 6) is 0.138. The summed E-state index contributed by atoms with van der Waals surface area (Å²) in [5.41, 5.74) is 0.304. The number of hydrogen-bond donors (Lipinski definition) is 1. The van der Waals surface area contributed by atoms with Crippen LogP contribution in [0.4, 0.5) is 5.69 Å². The second kappa shape index (κ2) is 9.62. The van der Waals surface area contributed by atoms with Gasteiger partial charge >= 0.3 is 5.97 Å². The zero-order chi connectivity index (χ0) is 21.7. The van der Waals surface area contributed by atoms with E-state index in [9.17, 15) is 9.59 Å². The van der Waals surface area contributed by atoms with Crippen LogP contribution in [0.25, 0.3) is 0 Å². The Kier molecular flexibility index (Phi) is 6.94. The van der Waals surface area contributed by atoms with Crippen molar-refractivity contribution < 1.29 is 23.5 Å². The minimum absolute atomic E-state index is 0.0444. The summed E-state index contributed by atoms with van der Waals surface area (Å²) in [7, 11) is 0. The van der Waals surface area contributed by atoms with Crippen LogP contribution in [0.15, 0.2) is 51.5 Å².